The molecular formula is C29H31F3N2O4. The number of ether oxygens (including phenoxy) is 1. The zero-order chi connectivity index (χ0) is 28.3. The number of aliphatic hydroxyl groups is 1. The smallest absolute Gasteiger partial charge is 0.433 e. The first kappa shape index (κ1) is 28.8. The lowest BCUT2D eigenvalue weighted by molar-refractivity contribution is -0.141. The van der Waals surface area contributed by atoms with Gasteiger partial charge in [-0.2, -0.15) is 13.2 Å². The summed E-state index contributed by atoms with van der Waals surface area (Å²) in [6.45, 7) is 9.58. The molecule has 0 saturated heterocycles. The number of alkyl halides is 3. The first-order chi connectivity index (χ1) is 17.8. The standard InChI is InChI=1S/C24H19F3N2O.C4H10O.CH2O2/c1-3-15-13(2)12-18-16(5-7-20(29-18)24(25,26)27)22(15)17-4-6-19-21-14(9-11-30-19)8-10-28-23(17)21;1-4(2,3)5;2-1-3/h4-8,10,12H,3,9,11H2,1-2H3;5H,1-3H3;1H,(H,2,3). The van der Waals surface area contributed by atoms with Crippen LogP contribution >= 0.6 is 0 Å². The van der Waals surface area contributed by atoms with Gasteiger partial charge in [0.05, 0.1) is 23.2 Å². The maximum absolute atomic E-state index is 13.2. The Morgan fingerprint density at radius 1 is 1.11 bits per heavy atom. The number of carboxylic acid groups (broad SMARTS) is 1. The molecule has 1 aliphatic rings. The van der Waals surface area contributed by atoms with Crippen LogP contribution in [0.1, 0.15) is 50.1 Å². The van der Waals surface area contributed by atoms with E-state index in [0.717, 1.165) is 57.8 Å². The molecule has 0 saturated carbocycles. The molecule has 2 aromatic heterocycles. The van der Waals surface area contributed by atoms with Gasteiger partial charge in [0, 0.05) is 29.0 Å². The number of hydrogen-bond donors (Lipinski definition) is 2. The first-order valence-corrected chi connectivity index (χ1v) is 12.1. The highest BCUT2D eigenvalue weighted by Crippen LogP contribution is 2.42. The van der Waals surface area contributed by atoms with Crippen molar-refractivity contribution in [2.24, 2.45) is 0 Å². The van der Waals surface area contributed by atoms with Crippen LogP contribution in [0.15, 0.2) is 42.6 Å². The summed E-state index contributed by atoms with van der Waals surface area (Å²) in [5.41, 5.74) is 4.75. The summed E-state index contributed by atoms with van der Waals surface area (Å²) >= 11 is 0. The molecule has 0 unspecified atom stereocenters. The number of halogens is 3. The van der Waals surface area contributed by atoms with E-state index in [1.165, 1.54) is 11.6 Å². The monoisotopic (exact) mass is 528 g/mol. The quantitative estimate of drug-likeness (QED) is 0.280. The summed E-state index contributed by atoms with van der Waals surface area (Å²) in [6.07, 6.45) is -1.14. The topological polar surface area (TPSA) is 92.5 Å². The third kappa shape index (κ3) is 6.39. The van der Waals surface area contributed by atoms with Crippen molar-refractivity contribution in [1.29, 1.82) is 0 Å². The van der Waals surface area contributed by atoms with Crippen LogP contribution in [-0.4, -0.2) is 38.9 Å². The van der Waals surface area contributed by atoms with E-state index in [1.807, 2.05) is 25.1 Å². The van der Waals surface area contributed by atoms with Gasteiger partial charge in [-0.25, -0.2) is 4.98 Å². The predicted octanol–water partition coefficient (Wildman–Crippen LogP) is 6.75. The average Bonchev–Trinajstić information content (AvgIpc) is 2.82. The van der Waals surface area contributed by atoms with Gasteiger partial charge in [-0.15, -0.1) is 0 Å². The highest BCUT2D eigenvalue weighted by atomic mass is 19.4. The minimum atomic E-state index is -4.48. The zero-order valence-electron chi connectivity index (χ0n) is 22.0. The van der Waals surface area contributed by atoms with Crippen LogP contribution in [0.4, 0.5) is 13.2 Å². The van der Waals surface area contributed by atoms with Crippen LogP contribution < -0.4 is 4.74 Å². The van der Waals surface area contributed by atoms with Crippen LogP contribution in [0.2, 0.25) is 0 Å². The summed E-state index contributed by atoms with van der Waals surface area (Å²) in [6, 6.07) is 10.2. The van der Waals surface area contributed by atoms with E-state index in [2.05, 4.69) is 16.9 Å². The minimum Gasteiger partial charge on any atom is -0.493 e. The van der Waals surface area contributed by atoms with Crippen molar-refractivity contribution in [2.45, 2.75) is 59.2 Å². The molecule has 0 radical (unpaired) electrons. The fourth-order valence-electron chi connectivity index (χ4n) is 4.47. The van der Waals surface area contributed by atoms with Gasteiger partial charge in [0.25, 0.3) is 6.47 Å². The maximum atomic E-state index is 13.2. The molecule has 0 amide bonds. The molecule has 4 aromatic rings. The van der Waals surface area contributed by atoms with E-state index in [9.17, 15) is 13.2 Å². The van der Waals surface area contributed by atoms with E-state index in [0.29, 0.717) is 17.5 Å². The summed E-state index contributed by atoms with van der Waals surface area (Å²) in [4.78, 5) is 17.0. The molecule has 38 heavy (non-hydrogen) atoms. The van der Waals surface area contributed by atoms with E-state index in [4.69, 9.17) is 19.7 Å². The second-order valence-electron chi connectivity index (χ2n) is 9.84. The highest BCUT2D eigenvalue weighted by Gasteiger charge is 2.33. The van der Waals surface area contributed by atoms with Crippen LogP contribution in [0.25, 0.3) is 32.9 Å². The van der Waals surface area contributed by atoms with Gasteiger partial charge in [-0.05, 0) is 86.7 Å². The molecule has 3 heterocycles. The van der Waals surface area contributed by atoms with Crippen molar-refractivity contribution < 1.29 is 32.9 Å². The fourth-order valence-corrected chi connectivity index (χ4v) is 4.47. The molecule has 0 aliphatic carbocycles. The van der Waals surface area contributed by atoms with Crippen molar-refractivity contribution in [3.05, 3.63) is 65.0 Å². The van der Waals surface area contributed by atoms with Crippen molar-refractivity contribution in [3.63, 3.8) is 0 Å². The van der Waals surface area contributed by atoms with Gasteiger partial charge in [-0.1, -0.05) is 13.0 Å². The highest BCUT2D eigenvalue weighted by molar-refractivity contribution is 6.07. The molecule has 5 rings (SSSR count). The number of pyridine rings is 2. The lowest BCUT2D eigenvalue weighted by Crippen LogP contribution is -2.10. The van der Waals surface area contributed by atoms with Crippen LogP contribution in [0, 0.1) is 6.92 Å². The van der Waals surface area contributed by atoms with E-state index >= 15 is 0 Å². The molecular weight excluding hydrogens is 497 g/mol. The Labute approximate surface area is 219 Å². The summed E-state index contributed by atoms with van der Waals surface area (Å²) in [5.74, 6) is 0.801. The van der Waals surface area contributed by atoms with Gasteiger partial charge >= 0.3 is 6.18 Å². The van der Waals surface area contributed by atoms with Crippen LogP contribution in [-0.2, 0) is 23.8 Å². The predicted molar refractivity (Wildman–Crippen MR) is 141 cm³/mol. The first-order valence-electron chi connectivity index (χ1n) is 12.1. The molecule has 0 atom stereocenters. The Kier molecular flexibility index (Phi) is 8.61. The largest absolute Gasteiger partial charge is 0.493 e. The van der Waals surface area contributed by atoms with E-state index < -0.39 is 17.5 Å². The maximum Gasteiger partial charge on any atom is 0.433 e. The van der Waals surface area contributed by atoms with Crippen LogP contribution in [0.3, 0.4) is 0 Å². The average molecular weight is 529 g/mol. The zero-order valence-corrected chi connectivity index (χ0v) is 22.0. The molecule has 0 spiro atoms. The molecule has 2 aromatic carbocycles. The summed E-state index contributed by atoms with van der Waals surface area (Å²) in [5, 5.41) is 17.1. The molecule has 2 N–H and O–H groups in total. The SMILES string of the molecule is CC(C)(C)O.CCc1c(C)cc2nc(C(F)(F)F)ccc2c1-c1ccc2c3c(ccnc13)CCO2.O=CO. The van der Waals surface area contributed by atoms with Gasteiger partial charge < -0.3 is 14.9 Å². The number of hydrogen-bond acceptors (Lipinski definition) is 5. The number of fused-ring (bicyclic) bond motifs is 1. The normalized spacial score (nSPS) is 12.7. The van der Waals surface area contributed by atoms with E-state index in [-0.39, 0.29) is 6.47 Å². The lowest BCUT2D eigenvalue weighted by Gasteiger charge is -2.21. The van der Waals surface area contributed by atoms with Gasteiger partial charge in [0.15, 0.2) is 0 Å². The number of aryl methyl sites for hydroxylation is 1. The Balaban J connectivity index is 0.000000443. The van der Waals surface area contributed by atoms with Gasteiger partial charge in [-0.3, -0.25) is 9.78 Å². The van der Waals surface area contributed by atoms with Crippen molar-refractivity contribution >= 4 is 28.3 Å². The third-order valence-electron chi connectivity index (χ3n) is 5.81. The van der Waals surface area contributed by atoms with Gasteiger partial charge in [0.2, 0.25) is 0 Å². The number of benzene rings is 2. The molecule has 1 aliphatic heterocycles. The Morgan fingerprint density at radius 2 is 1.76 bits per heavy atom. The number of rotatable bonds is 2. The Morgan fingerprint density at radius 3 is 2.37 bits per heavy atom. The van der Waals surface area contributed by atoms with Crippen molar-refractivity contribution in [3.8, 4) is 16.9 Å². The summed E-state index contributed by atoms with van der Waals surface area (Å²) < 4.78 is 45.6. The Hall–Kier alpha value is -3.72. The second kappa shape index (κ2) is 11.3. The third-order valence-corrected chi connectivity index (χ3v) is 5.81. The Bertz CT molecular complexity index is 1440. The number of carbonyl (C=O) groups is 1. The molecule has 202 valence electrons. The van der Waals surface area contributed by atoms with E-state index in [1.54, 1.807) is 33.0 Å². The van der Waals surface area contributed by atoms with Crippen LogP contribution in [0.5, 0.6) is 5.75 Å². The fraction of sp³-hybridized carbons (Fsp3) is 0.345. The minimum absolute atomic E-state index is 0.250. The molecule has 0 fully saturated rings. The molecule has 0 bridgehead atoms. The number of aromatic nitrogens is 2. The van der Waals surface area contributed by atoms with Crippen molar-refractivity contribution in [1.82, 2.24) is 9.97 Å². The second-order valence-corrected chi connectivity index (χ2v) is 9.84. The molecule has 9 heteroatoms. The van der Waals surface area contributed by atoms with Crippen molar-refractivity contribution in [2.75, 3.05) is 6.61 Å². The summed E-state index contributed by atoms with van der Waals surface area (Å²) in [7, 11) is 0. The molecule has 6 nitrogen and oxygen atoms in total. The van der Waals surface area contributed by atoms with Gasteiger partial charge in [0.1, 0.15) is 11.4 Å². The number of nitrogens with zero attached hydrogens (tertiary/aromatic N) is 2. The lowest BCUT2D eigenvalue weighted by atomic mass is 9.88.